The Hall–Kier alpha value is -1.44. The zero-order valence-electron chi connectivity index (χ0n) is 13.6. The van der Waals surface area contributed by atoms with E-state index in [1.54, 1.807) is 6.26 Å². The van der Waals surface area contributed by atoms with Gasteiger partial charge in [0.25, 0.3) is 0 Å². The minimum Gasteiger partial charge on any atom is -0.491 e. The van der Waals surface area contributed by atoms with Gasteiger partial charge < -0.3 is 9.64 Å². The number of anilines is 1. The number of allylic oxidation sites excluding steroid dienone is 1. The van der Waals surface area contributed by atoms with Crippen LogP contribution in [0.4, 0.5) is 5.69 Å². The summed E-state index contributed by atoms with van der Waals surface area (Å²) in [5.74, 6) is 0. The maximum absolute atomic E-state index is 5.77. The van der Waals surface area contributed by atoms with Crippen LogP contribution in [-0.2, 0) is 10.3 Å². The first-order valence-corrected chi connectivity index (χ1v) is 7.69. The van der Waals surface area contributed by atoms with E-state index >= 15 is 0 Å². The molecule has 0 amide bonds. The Morgan fingerprint density at radius 2 is 1.60 bits per heavy atom. The quantitative estimate of drug-likeness (QED) is 0.612. The Bertz CT molecular complexity index is 400. The molecule has 1 rings (SSSR count). The monoisotopic (exact) mass is 275 g/mol. The van der Waals surface area contributed by atoms with Gasteiger partial charge in [-0.1, -0.05) is 32.1 Å². The fourth-order valence-electron chi connectivity index (χ4n) is 2.29. The van der Waals surface area contributed by atoms with Crippen molar-refractivity contribution in [2.24, 2.45) is 0 Å². The van der Waals surface area contributed by atoms with Gasteiger partial charge in [0.05, 0.1) is 6.26 Å². The normalized spacial score (nSPS) is 11.8. The van der Waals surface area contributed by atoms with Crippen LogP contribution in [0.1, 0.15) is 53.0 Å². The smallest absolute Gasteiger partial charge is 0.127 e. The van der Waals surface area contributed by atoms with Gasteiger partial charge in [-0.15, -0.1) is 0 Å². The van der Waals surface area contributed by atoms with E-state index in [4.69, 9.17) is 4.74 Å². The largest absolute Gasteiger partial charge is 0.491 e. The molecule has 2 heteroatoms. The lowest BCUT2D eigenvalue weighted by molar-refractivity contribution is 0.0550. The van der Waals surface area contributed by atoms with Gasteiger partial charge in [0.1, 0.15) is 5.60 Å². The van der Waals surface area contributed by atoms with Crippen LogP contribution in [0.25, 0.3) is 0 Å². The maximum atomic E-state index is 5.77. The Labute approximate surface area is 124 Å². The SMILES string of the molecule is C/C=C\OC(C)(C)c1ccc(N(CCC)CCC)cc1. The van der Waals surface area contributed by atoms with E-state index in [1.165, 1.54) is 24.1 Å². The molecule has 1 aromatic carbocycles. The van der Waals surface area contributed by atoms with Gasteiger partial charge in [0.2, 0.25) is 0 Å². The molecule has 0 N–H and O–H groups in total. The maximum Gasteiger partial charge on any atom is 0.127 e. The molecule has 0 heterocycles. The molecule has 0 saturated carbocycles. The van der Waals surface area contributed by atoms with E-state index in [9.17, 15) is 0 Å². The third-order valence-electron chi connectivity index (χ3n) is 3.41. The molecule has 0 bridgehead atoms. The Morgan fingerprint density at radius 3 is 2.05 bits per heavy atom. The van der Waals surface area contributed by atoms with E-state index < -0.39 is 0 Å². The summed E-state index contributed by atoms with van der Waals surface area (Å²) < 4.78 is 5.77. The predicted molar refractivity (Wildman–Crippen MR) is 88.2 cm³/mol. The molecular formula is C18H29NO. The average molecular weight is 275 g/mol. The summed E-state index contributed by atoms with van der Waals surface area (Å²) in [6, 6.07) is 8.77. The molecule has 0 aliphatic rings. The Balaban J connectivity index is 2.86. The molecule has 0 aromatic heterocycles. The van der Waals surface area contributed by atoms with Gasteiger partial charge >= 0.3 is 0 Å². The molecule has 0 aliphatic carbocycles. The second-order valence-corrected chi connectivity index (χ2v) is 5.63. The van der Waals surface area contributed by atoms with Crippen molar-refractivity contribution >= 4 is 5.69 Å². The third-order valence-corrected chi connectivity index (χ3v) is 3.41. The van der Waals surface area contributed by atoms with Crippen LogP contribution in [0.3, 0.4) is 0 Å². The van der Waals surface area contributed by atoms with Crippen LogP contribution < -0.4 is 4.90 Å². The van der Waals surface area contributed by atoms with Gasteiger partial charge in [0.15, 0.2) is 0 Å². The zero-order valence-corrected chi connectivity index (χ0v) is 13.6. The number of benzene rings is 1. The van der Waals surface area contributed by atoms with Crippen molar-refractivity contribution in [1.29, 1.82) is 0 Å². The summed E-state index contributed by atoms with van der Waals surface area (Å²) in [6.45, 7) is 12.8. The minimum atomic E-state index is -0.286. The lowest BCUT2D eigenvalue weighted by Crippen LogP contribution is -2.25. The molecular weight excluding hydrogens is 246 g/mol. The highest BCUT2D eigenvalue weighted by molar-refractivity contribution is 5.48. The molecule has 1 aromatic rings. The fraction of sp³-hybridized carbons (Fsp3) is 0.556. The van der Waals surface area contributed by atoms with E-state index in [0.29, 0.717) is 0 Å². The lowest BCUT2D eigenvalue weighted by Gasteiger charge is -2.27. The van der Waals surface area contributed by atoms with Crippen LogP contribution in [-0.4, -0.2) is 13.1 Å². The van der Waals surface area contributed by atoms with E-state index in [2.05, 4.69) is 56.9 Å². The summed E-state index contributed by atoms with van der Waals surface area (Å²) in [7, 11) is 0. The van der Waals surface area contributed by atoms with Gasteiger partial charge in [-0.2, -0.15) is 0 Å². The molecule has 2 nitrogen and oxygen atoms in total. The van der Waals surface area contributed by atoms with Crippen molar-refractivity contribution in [3.8, 4) is 0 Å². The third kappa shape index (κ3) is 4.59. The highest BCUT2D eigenvalue weighted by Gasteiger charge is 2.20. The van der Waals surface area contributed by atoms with Crippen LogP contribution in [0.2, 0.25) is 0 Å². The summed E-state index contributed by atoms with van der Waals surface area (Å²) in [6.07, 6.45) is 6.03. The molecule has 20 heavy (non-hydrogen) atoms. The molecule has 0 fully saturated rings. The summed E-state index contributed by atoms with van der Waals surface area (Å²) in [4.78, 5) is 2.45. The molecule has 0 saturated heterocycles. The molecule has 112 valence electrons. The fourth-order valence-corrected chi connectivity index (χ4v) is 2.29. The molecule has 0 unspecified atom stereocenters. The van der Waals surface area contributed by atoms with Crippen molar-refractivity contribution in [1.82, 2.24) is 0 Å². The van der Waals surface area contributed by atoms with E-state index in [1.807, 2.05) is 13.0 Å². The second kappa shape index (κ2) is 7.98. The number of nitrogens with zero attached hydrogens (tertiary/aromatic N) is 1. The standard InChI is InChI=1S/C18H29NO/c1-6-13-19(14-7-2)17-11-9-16(10-12-17)18(4,5)20-15-8-3/h8-12,15H,6-7,13-14H2,1-5H3/b15-8-. The Morgan fingerprint density at radius 1 is 1.05 bits per heavy atom. The van der Waals surface area contributed by atoms with Gasteiger partial charge in [-0.05, 0) is 51.3 Å². The van der Waals surface area contributed by atoms with Crippen molar-refractivity contribution in [2.45, 2.75) is 53.1 Å². The topological polar surface area (TPSA) is 12.5 Å². The average Bonchev–Trinajstić information content (AvgIpc) is 2.45. The Kier molecular flexibility index (Phi) is 6.63. The summed E-state index contributed by atoms with van der Waals surface area (Å²) >= 11 is 0. The van der Waals surface area contributed by atoms with Crippen LogP contribution in [0.15, 0.2) is 36.6 Å². The summed E-state index contributed by atoms with van der Waals surface area (Å²) in [5.41, 5.74) is 2.22. The second-order valence-electron chi connectivity index (χ2n) is 5.63. The first-order valence-electron chi connectivity index (χ1n) is 7.69. The zero-order chi connectivity index (χ0) is 15.0. The van der Waals surface area contributed by atoms with Crippen LogP contribution in [0, 0.1) is 0 Å². The van der Waals surface area contributed by atoms with Gasteiger partial charge in [-0.3, -0.25) is 0 Å². The molecule has 0 spiro atoms. The predicted octanol–water partition coefficient (Wildman–Crippen LogP) is 5.10. The molecule has 0 aliphatic heterocycles. The van der Waals surface area contributed by atoms with Gasteiger partial charge in [0, 0.05) is 18.8 Å². The lowest BCUT2D eigenvalue weighted by atomic mass is 9.97. The van der Waals surface area contributed by atoms with Crippen LogP contribution >= 0.6 is 0 Å². The highest BCUT2D eigenvalue weighted by Crippen LogP contribution is 2.27. The highest BCUT2D eigenvalue weighted by atomic mass is 16.5. The van der Waals surface area contributed by atoms with E-state index in [-0.39, 0.29) is 5.60 Å². The number of hydrogen-bond acceptors (Lipinski definition) is 2. The number of ether oxygens (including phenoxy) is 1. The van der Waals surface area contributed by atoms with Crippen molar-refractivity contribution in [3.63, 3.8) is 0 Å². The van der Waals surface area contributed by atoms with Crippen molar-refractivity contribution < 1.29 is 4.74 Å². The molecule has 0 atom stereocenters. The van der Waals surface area contributed by atoms with E-state index in [0.717, 1.165) is 13.1 Å². The van der Waals surface area contributed by atoms with Crippen molar-refractivity contribution in [3.05, 3.63) is 42.2 Å². The van der Waals surface area contributed by atoms with Gasteiger partial charge in [-0.25, -0.2) is 0 Å². The number of rotatable bonds is 8. The van der Waals surface area contributed by atoms with Crippen LogP contribution in [0.5, 0.6) is 0 Å². The molecule has 0 radical (unpaired) electrons. The minimum absolute atomic E-state index is 0.286. The van der Waals surface area contributed by atoms with Crippen molar-refractivity contribution in [2.75, 3.05) is 18.0 Å². The summed E-state index contributed by atoms with van der Waals surface area (Å²) in [5, 5.41) is 0. The first-order chi connectivity index (χ1) is 9.55. The number of hydrogen-bond donors (Lipinski definition) is 0. The first kappa shape index (κ1) is 16.6.